The Kier molecular flexibility index (Phi) is 3.76. The molecule has 1 saturated heterocycles. The van der Waals surface area contributed by atoms with Crippen LogP contribution in [0.15, 0.2) is 28.7 Å². The maximum absolute atomic E-state index is 10.8. The predicted molar refractivity (Wildman–Crippen MR) is 81.1 cm³/mol. The molecule has 1 fully saturated rings. The summed E-state index contributed by atoms with van der Waals surface area (Å²) in [6.45, 7) is 2.85. The van der Waals surface area contributed by atoms with Crippen molar-refractivity contribution in [1.82, 2.24) is 5.32 Å². The van der Waals surface area contributed by atoms with Crippen LogP contribution >= 0.6 is 11.6 Å². The average molecular weight is 294 g/mol. The largest absolute Gasteiger partial charge is 0.456 e. The molecule has 1 aromatic heterocycles. The van der Waals surface area contributed by atoms with Crippen molar-refractivity contribution in [3.63, 3.8) is 0 Å². The van der Waals surface area contributed by atoms with Crippen LogP contribution in [0, 0.1) is 0 Å². The number of benzene rings is 1. The molecule has 3 rings (SSSR count). The number of hydrogen-bond acceptors (Lipinski definition) is 3. The van der Waals surface area contributed by atoms with Crippen LogP contribution in [0.5, 0.6) is 0 Å². The second kappa shape index (κ2) is 5.40. The summed E-state index contributed by atoms with van der Waals surface area (Å²) in [4.78, 5) is 0. The van der Waals surface area contributed by atoms with Crippen LogP contribution in [0.2, 0.25) is 5.02 Å². The molecule has 0 aliphatic carbocycles. The van der Waals surface area contributed by atoms with Crippen LogP contribution in [0.25, 0.3) is 11.0 Å². The van der Waals surface area contributed by atoms with E-state index >= 15 is 0 Å². The molecule has 2 aromatic rings. The van der Waals surface area contributed by atoms with Crippen LogP contribution in [-0.4, -0.2) is 17.7 Å². The third-order valence-electron chi connectivity index (χ3n) is 4.08. The molecule has 0 radical (unpaired) electrons. The van der Waals surface area contributed by atoms with Crippen molar-refractivity contribution >= 4 is 22.6 Å². The summed E-state index contributed by atoms with van der Waals surface area (Å²) < 4.78 is 5.80. The van der Waals surface area contributed by atoms with Crippen molar-refractivity contribution < 1.29 is 9.52 Å². The van der Waals surface area contributed by atoms with E-state index in [2.05, 4.69) is 5.32 Å². The molecule has 0 bridgehead atoms. The summed E-state index contributed by atoms with van der Waals surface area (Å²) in [6.07, 6.45) is 4.21. The van der Waals surface area contributed by atoms with Crippen LogP contribution in [0.3, 0.4) is 0 Å². The van der Waals surface area contributed by atoms with E-state index in [0.29, 0.717) is 28.8 Å². The molecule has 1 aliphatic rings. The van der Waals surface area contributed by atoms with Gasteiger partial charge in [0.2, 0.25) is 0 Å². The maximum atomic E-state index is 10.8. The van der Waals surface area contributed by atoms with Gasteiger partial charge in [-0.2, -0.15) is 0 Å². The number of furan rings is 1. The van der Waals surface area contributed by atoms with E-state index in [1.807, 2.05) is 25.1 Å². The molecule has 0 spiro atoms. The highest BCUT2D eigenvalue weighted by atomic mass is 35.5. The number of para-hydroxylation sites is 1. The minimum Gasteiger partial charge on any atom is -0.456 e. The highest BCUT2D eigenvalue weighted by Crippen LogP contribution is 2.34. The van der Waals surface area contributed by atoms with Crippen molar-refractivity contribution in [3.8, 4) is 0 Å². The third-order valence-corrected chi connectivity index (χ3v) is 4.38. The molecule has 3 nitrogen and oxygen atoms in total. The molecule has 2 heterocycles. The Balaban J connectivity index is 1.86. The first-order chi connectivity index (χ1) is 9.56. The van der Waals surface area contributed by atoms with Gasteiger partial charge >= 0.3 is 0 Å². The zero-order chi connectivity index (χ0) is 14.2. The van der Waals surface area contributed by atoms with Gasteiger partial charge in [0.05, 0.1) is 5.02 Å². The Bertz CT molecular complexity index is 600. The lowest BCUT2D eigenvalue weighted by molar-refractivity contribution is 0.0139. The average Bonchev–Trinajstić information content (AvgIpc) is 2.86. The van der Waals surface area contributed by atoms with Crippen LogP contribution in [0.1, 0.15) is 38.4 Å². The molecule has 2 atom stereocenters. The topological polar surface area (TPSA) is 45.4 Å². The third kappa shape index (κ3) is 2.71. The highest BCUT2D eigenvalue weighted by molar-refractivity contribution is 6.34. The van der Waals surface area contributed by atoms with E-state index in [1.165, 1.54) is 12.8 Å². The Hall–Kier alpha value is -1.03. The normalized spacial score (nSPS) is 22.9. The maximum Gasteiger partial charge on any atom is 0.153 e. The monoisotopic (exact) mass is 293 g/mol. The first-order valence-corrected chi connectivity index (χ1v) is 7.58. The molecule has 2 unspecified atom stereocenters. The lowest BCUT2D eigenvalue weighted by atomic mass is 9.90. The number of fused-ring (bicyclic) bond motifs is 1. The van der Waals surface area contributed by atoms with Gasteiger partial charge in [-0.05, 0) is 44.9 Å². The van der Waals surface area contributed by atoms with Gasteiger partial charge in [-0.1, -0.05) is 30.2 Å². The molecule has 20 heavy (non-hydrogen) atoms. The predicted octanol–water partition coefficient (Wildman–Crippen LogP) is 3.83. The fourth-order valence-electron chi connectivity index (χ4n) is 2.97. The molecule has 0 saturated carbocycles. The highest BCUT2D eigenvalue weighted by Gasteiger charge is 2.31. The van der Waals surface area contributed by atoms with Gasteiger partial charge in [-0.15, -0.1) is 0 Å². The van der Waals surface area contributed by atoms with Gasteiger partial charge in [0.15, 0.2) is 5.58 Å². The molecular weight excluding hydrogens is 274 g/mol. The number of hydrogen-bond donors (Lipinski definition) is 2. The first kappa shape index (κ1) is 13.9. The van der Waals surface area contributed by atoms with E-state index in [1.54, 1.807) is 6.07 Å². The number of halogens is 1. The van der Waals surface area contributed by atoms with Crippen molar-refractivity contribution in [2.45, 2.75) is 44.2 Å². The first-order valence-electron chi connectivity index (χ1n) is 7.20. The lowest BCUT2D eigenvalue weighted by Crippen LogP contribution is -2.39. The molecule has 1 aliphatic heterocycles. The summed E-state index contributed by atoms with van der Waals surface area (Å²) in [7, 11) is 0. The number of nitrogens with one attached hydrogen (secondary N) is 1. The van der Waals surface area contributed by atoms with Crippen LogP contribution in [0.4, 0.5) is 0 Å². The minimum absolute atomic E-state index is 0.349. The van der Waals surface area contributed by atoms with E-state index in [-0.39, 0.29) is 0 Å². The van der Waals surface area contributed by atoms with Gasteiger partial charge in [-0.25, -0.2) is 0 Å². The van der Waals surface area contributed by atoms with Gasteiger partial charge in [0.25, 0.3) is 0 Å². The van der Waals surface area contributed by atoms with E-state index in [0.717, 1.165) is 18.4 Å². The van der Waals surface area contributed by atoms with Crippen molar-refractivity contribution in [1.29, 1.82) is 0 Å². The Morgan fingerprint density at radius 3 is 3.00 bits per heavy atom. The summed E-state index contributed by atoms with van der Waals surface area (Å²) >= 11 is 6.12. The molecule has 4 heteroatoms. The fraction of sp³-hybridized carbons (Fsp3) is 0.500. The van der Waals surface area contributed by atoms with Gasteiger partial charge in [0, 0.05) is 11.4 Å². The lowest BCUT2D eigenvalue weighted by Gasteiger charge is -2.30. The quantitative estimate of drug-likeness (QED) is 0.904. The number of piperidine rings is 1. The summed E-state index contributed by atoms with van der Waals surface area (Å²) in [5.74, 6) is 0.591. The van der Waals surface area contributed by atoms with E-state index < -0.39 is 5.60 Å². The number of aliphatic hydroxyl groups is 1. The summed E-state index contributed by atoms with van der Waals surface area (Å²) in [5.41, 5.74) is -0.321. The van der Waals surface area contributed by atoms with E-state index in [9.17, 15) is 5.11 Å². The summed E-state index contributed by atoms with van der Waals surface area (Å²) in [6, 6.07) is 7.88. The van der Waals surface area contributed by atoms with E-state index in [4.69, 9.17) is 16.0 Å². The molecule has 2 N–H and O–H groups in total. The number of rotatable bonds is 3. The van der Waals surface area contributed by atoms with Crippen molar-refractivity contribution in [3.05, 3.63) is 35.0 Å². The zero-order valence-electron chi connectivity index (χ0n) is 11.7. The van der Waals surface area contributed by atoms with Gasteiger partial charge in [-0.3, -0.25) is 0 Å². The second-order valence-corrected chi connectivity index (χ2v) is 6.30. The zero-order valence-corrected chi connectivity index (χ0v) is 12.4. The minimum atomic E-state index is -0.975. The fourth-order valence-corrected chi connectivity index (χ4v) is 3.19. The van der Waals surface area contributed by atoms with Gasteiger partial charge in [0.1, 0.15) is 11.4 Å². The summed E-state index contributed by atoms with van der Waals surface area (Å²) in [5, 5.41) is 15.7. The Morgan fingerprint density at radius 2 is 2.30 bits per heavy atom. The SMILES string of the molecule is CC(O)(CC1CCCCN1)c1cc2cccc(Cl)c2o1. The second-order valence-electron chi connectivity index (χ2n) is 5.89. The molecule has 108 valence electrons. The smallest absolute Gasteiger partial charge is 0.153 e. The van der Waals surface area contributed by atoms with Crippen LogP contribution < -0.4 is 5.32 Å². The van der Waals surface area contributed by atoms with Gasteiger partial charge < -0.3 is 14.8 Å². The van der Waals surface area contributed by atoms with Crippen LogP contribution in [-0.2, 0) is 5.60 Å². The molecular formula is C16H20ClNO2. The van der Waals surface area contributed by atoms with Crippen molar-refractivity contribution in [2.75, 3.05) is 6.54 Å². The Morgan fingerprint density at radius 1 is 1.45 bits per heavy atom. The standard InChI is InChI=1S/C16H20ClNO2/c1-16(19,10-12-6-2-3-8-18-12)14-9-11-5-4-7-13(17)15(11)20-14/h4-5,7,9,12,18-19H,2-3,6,8,10H2,1H3. The molecule has 0 amide bonds. The molecule has 1 aromatic carbocycles. The van der Waals surface area contributed by atoms with Crippen molar-refractivity contribution in [2.24, 2.45) is 0 Å². The Labute approximate surface area is 123 Å².